The number of morpholine rings is 1. The molecule has 0 saturated carbocycles. The van der Waals surface area contributed by atoms with E-state index in [1.54, 1.807) is 13.0 Å². The highest BCUT2D eigenvalue weighted by atomic mass is 19.4. The van der Waals surface area contributed by atoms with E-state index >= 15 is 0 Å². The van der Waals surface area contributed by atoms with Gasteiger partial charge in [-0.1, -0.05) is 25.1 Å². The Morgan fingerprint density at radius 2 is 2.12 bits per heavy atom. The number of benzene rings is 1. The molecule has 0 aromatic heterocycles. The van der Waals surface area contributed by atoms with Gasteiger partial charge < -0.3 is 14.7 Å². The van der Waals surface area contributed by atoms with Crippen molar-refractivity contribution in [2.24, 2.45) is 0 Å². The van der Waals surface area contributed by atoms with Crippen LogP contribution < -0.4 is 0 Å². The molecule has 1 heterocycles. The fraction of sp³-hybridized carbons (Fsp3) is 0.500. The van der Waals surface area contributed by atoms with E-state index in [1.165, 1.54) is 11.0 Å². The van der Waals surface area contributed by atoms with E-state index in [1.807, 2.05) is 0 Å². The van der Waals surface area contributed by atoms with Gasteiger partial charge in [0.25, 0.3) is 0 Å². The van der Waals surface area contributed by atoms with E-state index < -0.39 is 29.7 Å². The van der Waals surface area contributed by atoms with Crippen LogP contribution in [0.15, 0.2) is 24.3 Å². The average molecular weight is 345 g/mol. The lowest BCUT2D eigenvalue weighted by Gasteiger charge is -2.31. The van der Waals surface area contributed by atoms with E-state index in [9.17, 15) is 22.8 Å². The third kappa shape index (κ3) is 4.47. The van der Waals surface area contributed by atoms with Gasteiger partial charge in [-0.25, -0.2) is 4.79 Å². The van der Waals surface area contributed by atoms with E-state index in [0.29, 0.717) is 5.56 Å². The molecule has 0 radical (unpaired) electrons. The second-order valence-electron chi connectivity index (χ2n) is 5.77. The average Bonchev–Trinajstić information content (AvgIpc) is 2.54. The molecule has 132 valence electrons. The summed E-state index contributed by atoms with van der Waals surface area (Å²) in [5.41, 5.74) is -0.335. The van der Waals surface area contributed by atoms with Gasteiger partial charge in [0.05, 0.1) is 18.7 Å². The Hall–Kier alpha value is -2.09. The molecule has 2 atom stereocenters. The van der Waals surface area contributed by atoms with Gasteiger partial charge in [-0.3, -0.25) is 4.79 Å². The van der Waals surface area contributed by atoms with E-state index in [2.05, 4.69) is 0 Å². The van der Waals surface area contributed by atoms with Crippen LogP contribution in [0.2, 0.25) is 0 Å². The molecule has 1 amide bonds. The molecule has 8 heteroatoms. The number of halogens is 3. The summed E-state index contributed by atoms with van der Waals surface area (Å²) < 4.78 is 43.3. The molecule has 1 aliphatic heterocycles. The molecule has 2 rings (SSSR count). The molecule has 0 spiro atoms. The lowest BCUT2D eigenvalue weighted by atomic mass is 9.95. The number of hydrogen-bond donors (Lipinski definition) is 1. The zero-order valence-corrected chi connectivity index (χ0v) is 13.0. The fourth-order valence-corrected chi connectivity index (χ4v) is 2.56. The van der Waals surface area contributed by atoms with Gasteiger partial charge in [0.1, 0.15) is 0 Å². The maximum Gasteiger partial charge on any atom is 0.416 e. The fourth-order valence-electron chi connectivity index (χ4n) is 2.56. The number of alkyl halides is 3. The first kappa shape index (κ1) is 18.3. The monoisotopic (exact) mass is 345 g/mol. The third-order valence-electron chi connectivity index (χ3n) is 3.96. The molecule has 1 fully saturated rings. The highest BCUT2D eigenvalue weighted by Gasteiger charge is 2.32. The molecule has 1 aromatic rings. The number of hydrogen-bond acceptors (Lipinski definition) is 3. The normalized spacial score (nSPS) is 19.8. The van der Waals surface area contributed by atoms with Crippen LogP contribution in [0.25, 0.3) is 0 Å². The van der Waals surface area contributed by atoms with Crippen LogP contribution in [0.4, 0.5) is 13.2 Å². The molecule has 0 unspecified atom stereocenters. The summed E-state index contributed by atoms with van der Waals surface area (Å²) in [4.78, 5) is 24.6. The van der Waals surface area contributed by atoms with Crippen LogP contribution in [-0.4, -0.2) is 47.7 Å². The van der Waals surface area contributed by atoms with Gasteiger partial charge in [0.2, 0.25) is 5.91 Å². The molecule has 24 heavy (non-hydrogen) atoms. The zero-order chi connectivity index (χ0) is 17.9. The summed E-state index contributed by atoms with van der Waals surface area (Å²) in [6.07, 6.45) is -5.49. The Bertz CT molecular complexity index is 618. The number of carboxylic acids is 1. The van der Waals surface area contributed by atoms with Crippen LogP contribution in [-0.2, 0) is 20.5 Å². The van der Waals surface area contributed by atoms with Gasteiger partial charge in [0.15, 0.2) is 6.10 Å². The van der Waals surface area contributed by atoms with Crippen molar-refractivity contribution in [1.29, 1.82) is 0 Å². The van der Waals surface area contributed by atoms with Crippen molar-refractivity contribution in [3.63, 3.8) is 0 Å². The highest BCUT2D eigenvalue weighted by molar-refractivity contribution is 5.79. The van der Waals surface area contributed by atoms with Crippen LogP contribution in [0, 0.1) is 0 Å². The highest BCUT2D eigenvalue weighted by Crippen LogP contribution is 2.31. The number of carbonyl (C=O) groups excluding carboxylic acids is 1. The Kier molecular flexibility index (Phi) is 5.48. The maximum absolute atomic E-state index is 12.8. The van der Waals surface area contributed by atoms with Crippen molar-refractivity contribution in [1.82, 2.24) is 4.90 Å². The summed E-state index contributed by atoms with van der Waals surface area (Å²) in [5.74, 6) is -1.85. The van der Waals surface area contributed by atoms with Gasteiger partial charge >= 0.3 is 12.1 Å². The van der Waals surface area contributed by atoms with Crippen LogP contribution >= 0.6 is 0 Å². The molecule has 1 saturated heterocycles. The number of amides is 1. The molecular weight excluding hydrogens is 327 g/mol. The second kappa shape index (κ2) is 7.21. The first-order valence-corrected chi connectivity index (χ1v) is 7.48. The van der Waals surface area contributed by atoms with Gasteiger partial charge in [-0.05, 0) is 17.5 Å². The van der Waals surface area contributed by atoms with Crippen molar-refractivity contribution in [2.45, 2.75) is 31.5 Å². The van der Waals surface area contributed by atoms with E-state index in [-0.39, 0.29) is 32.0 Å². The number of nitrogens with zero attached hydrogens (tertiary/aromatic N) is 1. The quantitative estimate of drug-likeness (QED) is 0.911. The Morgan fingerprint density at radius 3 is 2.75 bits per heavy atom. The third-order valence-corrected chi connectivity index (χ3v) is 3.96. The lowest BCUT2D eigenvalue weighted by Crippen LogP contribution is -2.48. The number of ether oxygens (including phenoxy) is 1. The van der Waals surface area contributed by atoms with Crippen molar-refractivity contribution in [2.75, 3.05) is 19.7 Å². The Balaban J connectivity index is 2.02. The SMILES string of the molecule is C[C@H](CC(=O)N1CCO[C@@H](C(=O)O)C1)c1cccc(C(F)(F)F)c1. The lowest BCUT2D eigenvalue weighted by molar-refractivity contribution is -0.159. The summed E-state index contributed by atoms with van der Waals surface area (Å²) in [7, 11) is 0. The van der Waals surface area contributed by atoms with Gasteiger partial charge in [-0.2, -0.15) is 13.2 Å². The van der Waals surface area contributed by atoms with Gasteiger partial charge in [-0.15, -0.1) is 0 Å². The van der Waals surface area contributed by atoms with Crippen molar-refractivity contribution >= 4 is 11.9 Å². The minimum Gasteiger partial charge on any atom is -0.479 e. The number of aliphatic carboxylic acids is 1. The first-order chi connectivity index (χ1) is 11.2. The predicted molar refractivity (Wildman–Crippen MR) is 78.4 cm³/mol. The van der Waals surface area contributed by atoms with Crippen LogP contribution in [0.5, 0.6) is 0 Å². The molecule has 1 aromatic carbocycles. The first-order valence-electron chi connectivity index (χ1n) is 7.48. The van der Waals surface area contributed by atoms with Crippen molar-refractivity contribution < 1.29 is 32.6 Å². The summed E-state index contributed by atoms with van der Waals surface area (Å²) in [6.45, 7) is 2.02. The minimum absolute atomic E-state index is 0.00759. The zero-order valence-electron chi connectivity index (χ0n) is 13.0. The van der Waals surface area contributed by atoms with Crippen LogP contribution in [0.1, 0.15) is 30.4 Å². The molecule has 1 N–H and O–H groups in total. The Labute approximate surface area is 137 Å². The van der Waals surface area contributed by atoms with E-state index in [4.69, 9.17) is 9.84 Å². The topological polar surface area (TPSA) is 66.8 Å². The maximum atomic E-state index is 12.8. The largest absolute Gasteiger partial charge is 0.479 e. The van der Waals surface area contributed by atoms with Crippen LogP contribution in [0.3, 0.4) is 0 Å². The molecule has 0 aliphatic carbocycles. The molecule has 0 bridgehead atoms. The number of rotatable bonds is 4. The number of carboxylic acid groups (broad SMARTS) is 1. The summed E-state index contributed by atoms with van der Waals surface area (Å²) in [5, 5.41) is 8.93. The number of carbonyl (C=O) groups is 2. The molecular formula is C16H18F3NO4. The van der Waals surface area contributed by atoms with Crippen molar-refractivity contribution in [3.8, 4) is 0 Å². The molecule has 1 aliphatic rings. The predicted octanol–water partition coefficient (Wildman–Crippen LogP) is 2.51. The van der Waals surface area contributed by atoms with Gasteiger partial charge in [0, 0.05) is 13.0 Å². The van der Waals surface area contributed by atoms with E-state index in [0.717, 1.165) is 12.1 Å². The standard InChI is InChI=1S/C16H18F3NO4/c1-10(11-3-2-4-12(8-11)16(17,18)19)7-14(21)20-5-6-24-13(9-20)15(22)23/h2-4,8,10,13H,5-7,9H2,1H3,(H,22,23)/t10-,13-/m1/s1. The van der Waals surface area contributed by atoms with Crippen molar-refractivity contribution in [3.05, 3.63) is 35.4 Å². The summed E-state index contributed by atoms with van der Waals surface area (Å²) in [6, 6.07) is 4.88. The molecule has 5 nitrogen and oxygen atoms in total. The Morgan fingerprint density at radius 1 is 1.42 bits per heavy atom. The minimum atomic E-state index is -4.43. The summed E-state index contributed by atoms with van der Waals surface area (Å²) >= 11 is 0. The smallest absolute Gasteiger partial charge is 0.416 e. The second-order valence-corrected chi connectivity index (χ2v) is 5.77.